The molecule has 1 saturated carbocycles. The van der Waals surface area contributed by atoms with Gasteiger partial charge in [0, 0.05) is 11.3 Å². The van der Waals surface area contributed by atoms with Gasteiger partial charge in [0.05, 0.1) is 23.2 Å². The van der Waals surface area contributed by atoms with Crippen LogP contribution in [0.3, 0.4) is 0 Å². The maximum Gasteiger partial charge on any atom is 0.0959 e. The first kappa shape index (κ1) is 10.6. The Hall–Kier alpha value is -0.880. The van der Waals surface area contributed by atoms with Gasteiger partial charge in [0.15, 0.2) is 0 Å². The molecule has 1 fully saturated rings. The molecule has 0 atom stereocenters. The first-order chi connectivity index (χ1) is 7.40. The van der Waals surface area contributed by atoms with E-state index in [1.807, 2.05) is 5.38 Å². The molecule has 3 heteroatoms. The van der Waals surface area contributed by atoms with Crippen LogP contribution in [0.1, 0.15) is 55.1 Å². The SMILES string of the molecule is N#CCc1csc(C2CCCCCC2)n1. The average Bonchev–Trinajstić information content (AvgIpc) is 2.53. The molecule has 0 unspecified atom stereocenters. The minimum atomic E-state index is 0.462. The minimum Gasteiger partial charge on any atom is -0.245 e. The van der Waals surface area contributed by atoms with E-state index in [0.29, 0.717) is 12.3 Å². The van der Waals surface area contributed by atoms with Crippen LogP contribution in [0.2, 0.25) is 0 Å². The number of nitriles is 1. The molecule has 0 saturated heterocycles. The molecule has 80 valence electrons. The maximum absolute atomic E-state index is 8.60. The zero-order valence-electron chi connectivity index (χ0n) is 8.91. The third kappa shape index (κ3) is 2.79. The lowest BCUT2D eigenvalue weighted by molar-refractivity contribution is 0.588. The van der Waals surface area contributed by atoms with Crippen molar-refractivity contribution in [3.8, 4) is 6.07 Å². The molecule has 0 N–H and O–H groups in total. The Balaban J connectivity index is 2.04. The Labute approximate surface area is 95.0 Å². The second-order valence-electron chi connectivity index (χ2n) is 4.20. The first-order valence-electron chi connectivity index (χ1n) is 5.71. The standard InChI is InChI=1S/C12H16N2S/c13-8-7-11-9-15-12(14-11)10-5-3-1-2-4-6-10/h9-10H,1-7H2. The van der Waals surface area contributed by atoms with Crippen molar-refractivity contribution in [3.63, 3.8) is 0 Å². The summed E-state index contributed by atoms with van der Waals surface area (Å²) in [5, 5.41) is 11.9. The summed E-state index contributed by atoms with van der Waals surface area (Å²) < 4.78 is 0. The van der Waals surface area contributed by atoms with Crippen molar-refractivity contribution < 1.29 is 0 Å². The Bertz CT molecular complexity index is 343. The quantitative estimate of drug-likeness (QED) is 0.713. The van der Waals surface area contributed by atoms with Gasteiger partial charge >= 0.3 is 0 Å². The summed E-state index contributed by atoms with van der Waals surface area (Å²) in [5.74, 6) is 0.671. The van der Waals surface area contributed by atoms with Crippen molar-refractivity contribution >= 4 is 11.3 Å². The molecule has 1 aliphatic carbocycles. The van der Waals surface area contributed by atoms with Crippen molar-refractivity contribution in [2.75, 3.05) is 0 Å². The molecule has 0 spiro atoms. The summed E-state index contributed by atoms with van der Waals surface area (Å²) in [4.78, 5) is 4.56. The molecule has 0 amide bonds. The fourth-order valence-corrected chi connectivity index (χ4v) is 3.19. The molecular weight excluding hydrogens is 204 g/mol. The highest BCUT2D eigenvalue weighted by Gasteiger charge is 2.17. The third-order valence-corrected chi connectivity index (χ3v) is 4.09. The number of rotatable bonds is 2. The average molecular weight is 220 g/mol. The van der Waals surface area contributed by atoms with E-state index >= 15 is 0 Å². The van der Waals surface area contributed by atoms with Gasteiger partial charge in [-0.2, -0.15) is 5.26 Å². The van der Waals surface area contributed by atoms with Gasteiger partial charge in [0.2, 0.25) is 0 Å². The summed E-state index contributed by atoms with van der Waals surface area (Å²) in [5.41, 5.74) is 0.960. The molecular formula is C12H16N2S. The van der Waals surface area contributed by atoms with Crippen molar-refractivity contribution in [2.24, 2.45) is 0 Å². The fourth-order valence-electron chi connectivity index (χ4n) is 2.20. The highest BCUT2D eigenvalue weighted by molar-refractivity contribution is 7.09. The summed E-state index contributed by atoms with van der Waals surface area (Å²) in [7, 11) is 0. The molecule has 2 rings (SSSR count). The number of aromatic nitrogens is 1. The molecule has 1 aromatic heterocycles. The van der Waals surface area contributed by atoms with Gasteiger partial charge in [-0.05, 0) is 12.8 Å². The molecule has 1 aromatic rings. The lowest BCUT2D eigenvalue weighted by atomic mass is 10.0. The van der Waals surface area contributed by atoms with E-state index in [1.165, 1.54) is 43.5 Å². The molecule has 1 aliphatic rings. The first-order valence-corrected chi connectivity index (χ1v) is 6.59. The van der Waals surface area contributed by atoms with Crippen molar-refractivity contribution in [1.82, 2.24) is 4.98 Å². The third-order valence-electron chi connectivity index (χ3n) is 3.03. The number of nitrogens with zero attached hydrogens (tertiary/aromatic N) is 2. The monoisotopic (exact) mass is 220 g/mol. The van der Waals surface area contributed by atoms with E-state index in [9.17, 15) is 0 Å². The molecule has 1 heterocycles. The van der Waals surface area contributed by atoms with Gasteiger partial charge in [-0.3, -0.25) is 0 Å². The molecule has 2 nitrogen and oxygen atoms in total. The fraction of sp³-hybridized carbons (Fsp3) is 0.667. The Kier molecular flexibility index (Phi) is 3.74. The van der Waals surface area contributed by atoms with Crippen molar-refractivity contribution in [3.05, 3.63) is 16.1 Å². The van der Waals surface area contributed by atoms with Gasteiger partial charge in [-0.15, -0.1) is 11.3 Å². The number of hydrogen-bond donors (Lipinski definition) is 0. The normalized spacial score (nSPS) is 18.3. The van der Waals surface area contributed by atoms with Crippen molar-refractivity contribution in [2.45, 2.75) is 50.9 Å². The summed E-state index contributed by atoms with van der Waals surface area (Å²) >= 11 is 1.74. The van der Waals surface area contributed by atoms with E-state index in [-0.39, 0.29) is 0 Å². The van der Waals surface area contributed by atoms with Crippen LogP contribution in [0, 0.1) is 11.3 Å². The number of thiazole rings is 1. The van der Waals surface area contributed by atoms with Gasteiger partial charge in [0.25, 0.3) is 0 Å². The second kappa shape index (κ2) is 5.27. The Morgan fingerprint density at radius 1 is 1.33 bits per heavy atom. The van der Waals surface area contributed by atoms with Crippen LogP contribution >= 0.6 is 11.3 Å². The van der Waals surface area contributed by atoms with Crippen LogP contribution in [0.5, 0.6) is 0 Å². The molecule has 0 radical (unpaired) electrons. The maximum atomic E-state index is 8.60. The molecule has 15 heavy (non-hydrogen) atoms. The van der Waals surface area contributed by atoms with E-state index in [2.05, 4.69) is 11.1 Å². The summed E-state index contributed by atoms with van der Waals surface area (Å²) in [6.45, 7) is 0. The summed E-state index contributed by atoms with van der Waals surface area (Å²) in [6.07, 6.45) is 8.50. The van der Waals surface area contributed by atoms with Gasteiger partial charge in [-0.25, -0.2) is 4.98 Å². The van der Waals surface area contributed by atoms with Crippen molar-refractivity contribution in [1.29, 1.82) is 5.26 Å². The van der Waals surface area contributed by atoms with Crippen LogP contribution in [0.4, 0.5) is 0 Å². The topological polar surface area (TPSA) is 36.7 Å². The summed E-state index contributed by atoms with van der Waals surface area (Å²) in [6, 6.07) is 2.16. The van der Waals surface area contributed by atoms with E-state index in [0.717, 1.165) is 5.69 Å². The van der Waals surface area contributed by atoms with Crippen LogP contribution in [0.25, 0.3) is 0 Å². The highest BCUT2D eigenvalue weighted by atomic mass is 32.1. The van der Waals surface area contributed by atoms with Gasteiger partial charge < -0.3 is 0 Å². The van der Waals surface area contributed by atoms with Crippen LogP contribution in [-0.4, -0.2) is 4.98 Å². The van der Waals surface area contributed by atoms with Crippen LogP contribution in [-0.2, 0) is 6.42 Å². The largest absolute Gasteiger partial charge is 0.245 e. The highest BCUT2D eigenvalue weighted by Crippen LogP contribution is 2.33. The molecule has 0 aliphatic heterocycles. The van der Waals surface area contributed by atoms with Gasteiger partial charge in [0.1, 0.15) is 0 Å². The smallest absolute Gasteiger partial charge is 0.0959 e. The van der Waals surface area contributed by atoms with Gasteiger partial charge in [-0.1, -0.05) is 25.7 Å². The minimum absolute atomic E-state index is 0.462. The second-order valence-corrected chi connectivity index (χ2v) is 5.09. The lowest BCUT2D eigenvalue weighted by Gasteiger charge is -2.09. The van der Waals surface area contributed by atoms with E-state index in [4.69, 9.17) is 5.26 Å². The lowest BCUT2D eigenvalue weighted by Crippen LogP contribution is -1.96. The molecule has 0 bridgehead atoms. The van der Waals surface area contributed by atoms with E-state index in [1.54, 1.807) is 11.3 Å². The Morgan fingerprint density at radius 3 is 2.73 bits per heavy atom. The Morgan fingerprint density at radius 2 is 2.07 bits per heavy atom. The van der Waals surface area contributed by atoms with E-state index < -0.39 is 0 Å². The van der Waals surface area contributed by atoms with Crippen LogP contribution in [0.15, 0.2) is 5.38 Å². The number of hydrogen-bond acceptors (Lipinski definition) is 3. The predicted molar refractivity (Wildman–Crippen MR) is 61.9 cm³/mol. The predicted octanol–water partition coefficient (Wildman–Crippen LogP) is 3.65. The zero-order chi connectivity index (χ0) is 10.5. The zero-order valence-corrected chi connectivity index (χ0v) is 9.72. The van der Waals surface area contributed by atoms with Crippen LogP contribution < -0.4 is 0 Å². The molecule has 0 aromatic carbocycles.